The number of ether oxygens (including phenoxy) is 1. The number of aliphatic hydroxyl groups is 1. The largest absolute Gasteiger partial charge is 0.431 e. The third kappa shape index (κ3) is 3.41. The minimum absolute atomic E-state index is 0.0549. The minimum atomic E-state index is -0.389. The highest BCUT2D eigenvalue weighted by Gasteiger charge is 2.02. The summed E-state index contributed by atoms with van der Waals surface area (Å²) >= 11 is 0. The number of aliphatic hydroxyl groups excluding tert-OH is 1. The number of esters is 1. The van der Waals surface area contributed by atoms with Crippen molar-refractivity contribution in [1.29, 1.82) is 0 Å². The lowest BCUT2D eigenvalue weighted by molar-refractivity contribution is 0.0661. The second-order valence-corrected chi connectivity index (χ2v) is 2.66. The fourth-order valence-corrected chi connectivity index (χ4v) is 0.895. The van der Waals surface area contributed by atoms with Gasteiger partial charge in [-0.05, 0) is 24.6 Å². The van der Waals surface area contributed by atoms with Gasteiger partial charge in [-0.25, -0.2) is 4.79 Å². The van der Waals surface area contributed by atoms with Crippen LogP contribution in [-0.2, 0) is 4.74 Å². The van der Waals surface area contributed by atoms with Gasteiger partial charge < -0.3 is 9.84 Å². The lowest BCUT2D eigenvalue weighted by atomic mass is 10.2. The van der Waals surface area contributed by atoms with Crippen LogP contribution >= 0.6 is 0 Å². The van der Waals surface area contributed by atoms with Crippen molar-refractivity contribution < 1.29 is 14.6 Å². The molecule has 3 heteroatoms. The van der Waals surface area contributed by atoms with E-state index in [1.165, 1.54) is 6.26 Å². The Labute approximate surface area is 82.6 Å². The van der Waals surface area contributed by atoms with Crippen LogP contribution in [0.5, 0.6) is 0 Å². The maximum Gasteiger partial charge on any atom is 0.342 e. The maximum atomic E-state index is 11.3. The molecule has 14 heavy (non-hydrogen) atoms. The summed E-state index contributed by atoms with van der Waals surface area (Å²) in [6.07, 6.45) is 3.38. The van der Waals surface area contributed by atoms with Gasteiger partial charge in [0, 0.05) is 6.61 Å². The molecule has 0 aliphatic rings. The van der Waals surface area contributed by atoms with E-state index in [0.717, 1.165) is 0 Å². The van der Waals surface area contributed by atoms with Crippen molar-refractivity contribution in [3.8, 4) is 0 Å². The van der Waals surface area contributed by atoms with Crippen LogP contribution in [0.25, 0.3) is 0 Å². The smallest absolute Gasteiger partial charge is 0.342 e. The zero-order valence-corrected chi connectivity index (χ0v) is 7.72. The molecule has 0 atom stereocenters. The van der Waals surface area contributed by atoms with Gasteiger partial charge in [0.2, 0.25) is 0 Å². The molecule has 0 saturated carbocycles. The maximum absolute atomic E-state index is 11.3. The Hall–Kier alpha value is -1.61. The van der Waals surface area contributed by atoms with Crippen molar-refractivity contribution in [3.05, 3.63) is 48.2 Å². The number of hydrogen-bond donors (Lipinski definition) is 1. The molecule has 0 aromatic heterocycles. The van der Waals surface area contributed by atoms with Crippen LogP contribution in [0.4, 0.5) is 0 Å². The Bertz CT molecular complexity index is 304. The van der Waals surface area contributed by atoms with Crippen LogP contribution in [0.3, 0.4) is 0 Å². The fourth-order valence-electron chi connectivity index (χ4n) is 0.895. The number of rotatable bonds is 4. The quantitative estimate of drug-likeness (QED) is 0.583. The van der Waals surface area contributed by atoms with Crippen molar-refractivity contribution in [2.24, 2.45) is 0 Å². The average molecular weight is 192 g/mol. The van der Waals surface area contributed by atoms with Crippen molar-refractivity contribution >= 4 is 5.97 Å². The summed E-state index contributed by atoms with van der Waals surface area (Å²) in [5.41, 5.74) is 0.515. The molecule has 1 N–H and O–H groups in total. The molecule has 0 aliphatic carbocycles. The standard InChI is InChI=1S/C11H12O3/c12-8-4-5-9-14-11(13)10-6-2-1-3-7-10/h1-3,5-7,9,12H,4,8H2/b9-5+. The first-order chi connectivity index (χ1) is 6.84. The van der Waals surface area contributed by atoms with Crippen molar-refractivity contribution in [1.82, 2.24) is 0 Å². The van der Waals surface area contributed by atoms with E-state index in [0.29, 0.717) is 12.0 Å². The number of carbonyl (C=O) groups is 1. The molecule has 1 aromatic carbocycles. The Balaban J connectivity index is 2.44. The second kappa shape index (κ2) is 5.94. The number of carbonyl (C=O) groups excluding carboxylic acids is 1. The monoisotopic (exact) mass is 192 g/mol. The van der Waals surface area contributed by atoms with E-state index in [1.807, 2.05) is 6.07 Å². The zero-order valence-electron chi connectivity index (χ0n) is 7.72. The SMILES string of the molecule is O=C(O/C=C/CCO)c1ccccc1. The highest BCUT2D eigenvalue weighted by molar-refractivity contribution is 5.89. The second-order valence-electron chi connectivity index (χ2n) is 2.66. The molecule has 0 fully saturated rings. The molecular weight excluding hydrogens is 180 g/mol. The van der Waals surface area contributed by atoms with Gasteiger partial charge in [-0.1, -0.05) is 18.2 Å². The van der Waals surface area contributed by atoms with E-state index in [2.05, 4.69) is 0 Å². The third-order valence-electron chi connectivity index (χ3n) is 1.58. The van der Waals surface area contributed by atoms with Gasteiger partial charge in [0.1, 0.15) is 0 Å². The van der Waals surface area contributed by atoms with E-state index in [4.69, 9.17) is 9.84 Å². The highest BCUT2D eigenvalue weighted by Crippen LogP contribution is 2.01. The minimum Gasteiger partial charge on any atom is -0.431 e. The van der Waals surface area contributed by atoms with Crippen LogP contribution in [0, 0.1) is 0 Å². The topological polar surface area (TPSA) is 46.5 Å². The van der Waals surface area contributed by atoms with Gasteiger partial charge >= 0.3 is 5.97 Å². The van der Waals surface area contributed by atoms with Crippen molar-refractivity contribution in [2.45, 2.75) is 6.42 Å². The molecule has 1 aromatic rings. The molecule has 0 radical (unpaired) electrons. The van der Waals surface area contributed by atoms with Gasteiger partial charge in [-0.2, -0.15) is 0 Å². The first kappa shape index (κ1) is 10.5. The molecule has 74 valence electrons. The van der Waals surface area contributed by atoms with Gasteiger partial charge in [0.05, 0.1) is 11.8 Å². The molecule has 0 bridgehead atoms. The van der Waals surface area contributed by atoms with E-state index >= 15 is 0 Å². The Morgan fingerprint density at radius 3 is 2.71 bits per heavy atom. The van der Waals surface area contributed by atoms with Gasteiger partial charge in [0.25, 0.3) is 0 Å². The summed E-state index contributed by atoms with van der Waals surface area (Å²) in [7, 11) is 0. The van der Waals surface area contributed by atoms with Crippen LogP contribution < -0.4 is 0 Å². The van der Waals surface area contributed by atoms with Gasteiger partial charge in [0.15, 0.2) is 0 Å². The Morgan fingerprint density at radius 1 is 1.36 bits per heavy atom. The zero-order chi connectivity index (χ0) is 10.2. The molecule has 0 aliphatic heterocycles. The summed E-state index contributed by atoms with van der Waals surface area (Å²) in [4.78, 5) is 11.3. The van der Waals surface area contributed by atoms with Crippen molar-refractivity contribution in [2.75, 3.05) is 6.61 Å². The van der Waals surface area contributed by atoms with E-state index in [1.54, 1.807) is 30.3 Å². The predicted molar refractivity (Wildman–Crippen MR) is 52.7 cm³/mol. The first-order valence-corrected chi connectivity index (χ1v) is 4.36. The summed E-state index contributed by atoms with van der Waals surface area (Å²) in [5, 5.41) is 8.46. The van der Waals surface area contributed by atoms with Crippen LogP contribution in [0.15, 0.2) is 42.7 Å². The van der Waals surface area contributed by atoms with E-state index in [-0.39, 0.29) is 12.6 Å². The van der Waals surface area contributed by atoms with Gasteiger partial charge in [-0.3, -0.25) is 0 Å². The van der Waals surface area contributed by atoms with Crippen LogP contribution in [0.2, 0.25) is 0 Å². The lowest BCUT2D eigenvalue weighted by Crippen LogP contribution is -1.99. The molecule has 0 saturated heterocycles. The molecule has 0 unspecified atom stereocenters. The summed E-state index contributed by atoms with van der Waals surface area (Å²) in [6, 6.07) is 8.74. The summed E-state index contributed by atoms with van der Waals surface area (Å²) in [6.45, 7) is 0.0549. The van der Waals surface area contributed by atoms with Crippen molar-refractivity contribution in [3.63, 3.8) is 0 Å². The molecule has 0 spiro atoms. The average Bonchev–Trinajstić information content (AvgIpc) is 2.25. The van der Waals surface area contributed by atoms with E-state index in [9.17, 15) is 4.79 Å². The molecule has 0 amide bonds. The first-order valence-electron chi connectivity index (χ1n) is 4.36. The predicted octanol–water partition coefficient (Wildman–Crippen LogP) is 1.74. The number of benzene rings is 1. The Morgan fingerprint density at radius 2 is 2.07 bits per heavy atom. The molecule has 1 rings (SSSR count). The number of hydrogen-bond acceptors (Lipinski definition) is 3. The van der Waals surface area contributed by atoms with Crippen LogP contribution in [0.1, 0.15) is 16.8 Å². The van der Waals surface area contributed by atoms with Crippen LogP contribution in [-0.4, -0.2) is 17.7 Å². The Kier molecular flexibility index (Phi) is 4.44. The van der Waals surface area contributed by atoms with Gasteiger partial charge in [-0.15, -0.1) is 0 Å². The molecule has 3 nitrogen and oxygen atoms in total. The van der Waals surface area contributed by atoms with E-state index < -0.39 is 0 Å². The summed E-state index contributed by atoms with van der Waals surface area (Å²) in [5.74, 6) is -0.389. The molecule has 0 heterocycles. The highest BCUT2D eigenvalue weighted by atomic mass is 16.5. The third-order valence-corrected chi connectivity index (χ3v) is 1.58. The summed E-state index contributed by atoms with van der Waals surface area (Å²) < 4.78 is 4.80. The normalized spacial score (nSPS) is 10.4. The fraction of sp³-hybridized carbons (Fsp3) is 0.182. The molecular formula is C11H12O3. The lowest BCUT2D eigenvalue weighted by Gasteiger charge is -1.97.